The van der Waals surface area contributed by atoms with Gasteiger partial charge < -0.3 is 9.74 Å². The third-order valence-corrected chi connectivity index (χ3v) is 9.76. The van der Waals surface area contributed by atoms with Crippen molar-refractivity contribution in [2.45, 2.75) is 45.6 Å². The Morgan fingerprint density at radius 2 is 1.36 bits per heavy atom. The van der Waals surface area contributed by atoms with Gasteiger partial charge >= 0.3 is 0 Å². The predicted molar refractivity (Wildman–Crippen MR) is 111 cm³/mol. The van der Waals surface area contributed by atoms with Gasteiger partial charge in [-0.3, -0.25) is 0 Å². The van der Waals surface area contributed by atoms with Crippen LogP contribution in [0.3, 0.4) is 0 Å². The zero-order chi connectivity index (χ0) is 18.2. The largest absolute Gasteiger partial charge is 0.406 e. The monoisotopic (exact) mass is 355 g/mol. The fourth-order valence-corrected chi connectivity index (χ4v) is 8.03. The molecule has 2 nitrogen and oxygen atoms in total. The first-order valence-electron chi connectivity index (χ1n) is 9.48. The Balaban J connectivity index is 2.33. The number of hydrogen-bond donors (Lipinski definition) is 1. The first kappa shape index (κ1) is 19.9. The Bertz CT molecular complexity index is 567. The van der Waals surface area contributed by atoms with Crippen molar-refractivity contribution in [1.82, 2.24) is 5.32 Å². The molecule has 136 valence electrons. The summed E-state index contributed by atoms with van der Waals surface area (Å²) >= 11 is 0. The van der Waals surface area contributed by atoms with Crippen LogP contribution >= 0.6 is 0 Å². The summed E-state index contributed by atoms with van der Waals surface area (Å²) < 4.78 is 6.82. The molecule has 0 aliphatic carbocycles. The van der Waals surface area contributed by atoms with E-state index in [2.05, 4.69) is 93.7 Å². The van der Waals surface area contributed by atoms with Crippen LogP contribution in [-0.2, 0) is 4.43 Å². The molecule has 0 saturated carbocycles. The molecule has 1 N–H and O–H groups in total. The zero-order valence-corrected chi connectivity index (χ0v) is 17.2. The molecule has 0 heterocycles. The summed E-state index contributed by atoms with van der Waals surface area (Å²) in [6, 6.07) is 21.7. The quantitative estimate of drug-likeness (QED) is 0.543. The van der Waals surface area contributed by atoms with E-state index in [1.54, 1.807) is 0 Å². The van der Waals surface area contributed by atoms with E-state index in [0.29, 0.717) is 0 Å². The maximum absolute atomic E-state index is 6.82. The summed E-state index contributed by atoms with van der Waals surface area (Å²) in [4.78, 5) is 0. The van der Waals surface area contributed by atoms with Crippen LogP contribution in [0, 0.1) is 0 Å². The minimum atomic E-state index is -2.36. The van der Waals surface area contributed by atoms with Crippen molar-refractivity contribution in [1.29, 1.82) is 0 Å². The van der Waals surface area contributed by atoms with E-state index in [4.69, 9.17) is 4.43 Å². The van der Waals surface area contributed by atoms with Gasteiger partial charge in [0.25, 0.3) is 8.32 Å². The second kappa shape index (κ2) is 9.32. The summed E-state index contributed by atoms with van der Waals surface area (Å²) in [5.41, 5.74) is 0. The number of hydrogen-bond acceptors (Lipinski definition) is 2. The minimum Gasteiger partial charge on any atom is -0.406 e. The number of nitrogens with one attached hydrogen (secondary N) is 1. The van der Waals surface area contributed by atoms with Gasteiger partial charge in [-0.15, -0.1) is 0 Å². The van der Waals surface area contributed by atoms with E-state index in [1.165, 1.54) is 23.2 Å². The highest BCUT2D eigenvalue weighted by Crippen LogP contribution is 2.36. The highest BCUT2D eigenvalue weighted by molar-refractivity contribution is 6.99. The molecular weight excluding hydrogens is 322 g/mol. The standard InChI is InChI=1S/C22H33NOSi/c1-5-6-17-23-18-19-24-25(22(2,3)4,20-13-9-7-10-14-20)21-15-11-8-12-16-21/h7-16,23H,5-6,17-19H2,1-4H3. The molecular formula is C22H33NOSi. The molecule has 0 spiro atoms. The van der Waals surface area contributed by atoms with E-state index >= 15 is 0 Å². The molecule has 3 heteroatoms. The maximum Gasteiger partial charge on any atom is 0.261 e. The lowest BCUT2D eigenvalue weighted by Gasteiger charge is -2.43. The van der Waals surface area contributed by atoms with Gasteiger partial charge in [-0.25, -0.2) is 0 Å². The normalized spacial score (nSPS) is 12.3. The van der Waals surface area contributed by atoms with Crippen LogP contribution in [0.15, 0.2) is 60.7 Å². The Morgan fingerprint density at radius 3 is 1.80 bits per heavy atom. The molecule has 0 aliphatic rings. The first-order valence-corrected chi connectivity index (χ1v) is 11.4. The van der Waals surface area contributed by atoms with Crippen molar-refractivity contribution in [3.8, 4) is 0 Å². The molecule has 0 bridgehead atoms. The van der Waals surface area contributed by atoms with Gasteiger partial charge in [0.1, 0.15) is 0 Å². The van der Waals surface area contributed by atoms with Gasteiger partial charge in [0.05, 0.1) is 0 Å². The van der Waals surface area contributed by atoms with Gasteiger partial charge in [0.15, 0.2) is 0 Å². The van der Waals surface area contributed by atoms with E-state index in [-0.39, 0.29) is 5.04 Å². The van der Waals surface area contributed by atoms with Gasteiger partial charge in [0.2, 0.25) is 0 Å². The molecule has 2 rings (SSSR count). The Hall–Kier alpha value is -1.42. The van der Waals surface area contributed by atoms with Crippen molar-refractivity contribution in [3.05, 3.63) is 60.7 Å². The van der Waals surface area contributed by atoms with Crippen molar-refractivity contribution >= 4 is 18.7 Å². The van der Waals surface area contributed by atoms with Crippen molar-refractivity contribution in [2.24, 2.45) is 0 Å². The second-order valence-electron chi connectivity index (χ2n) is 7.62. The molecule has 2 aromatic rings. The molecule has 0 amide bonds. The van der Waals surface area contributed by atoms with Crippen LogP contribution in [0.1, 0.15) is 40.5 Å². The van der Waals surface area contributed by atoms with Gasteiger partial charge in [0, 0.05) is 13.2 Å². The molecule has 0 fully saturated rings. The lowest BCUT2D eigenvalue weighted by atomic mass is 10.2. The van der Waals surface area contributed by atoms with E-state index in [0.717, 1.165) is 19.7 Å². The third kappa shape index (κ3) is 4.81. The smallest absolute Gasteiger partial charge is 0.261 e. The number of rotatable bonds is 9. The van der Waals surface area contributed by atoms with Crippen LogP contribution < -0.4 is 15.7 Å². The van der Waals surface area contributed by atoms with Crippen LogP contribution in [0.2, 0.25) is 5.04 Å². The van der Waals surface area contributed by atoms with Gasteiger partial charge in [-0.1, -0.05) is 94.8 Å². The summed E-state index contributed by atoms with van der Waals surface area (Å²) in [6.45, 7) is 11.9. The van der Waals surface area contributed by atoms with E-state index in [1.807, 2.05) is 0 Å². The van der Waals surface area contributed by atoms with Crippen molar-refractivity contribution in [2.75, 3.05) is 19.7 Å². The maximum atomic E-state index is 6.82. The number of benzene rings is 2. The summed E-state index contributed by atoms with van der Waals surface area (Å²) in [5, 5.41) is 6.26. The second-order valence-corrected chi connectivity index (χ2v) is 11.9. The highest BCUT2D eigenvalue weighted by atomic mass is 28.4. The molecule has 0 atom stereocenters. The summed E-state index contributed by atoms with van der Waals surface area (Å²) in [6.07, 6.45) is 2.45. The lowest BCUT2D eigenvalue weighted by molar-refractivity contribution is 0.295. The Labute approximate surface area is 154 Å². The number of unbranched alkanes of at least 4 members (excludes halogenated alkanes) is 1. The summed E-state index contributed by atoms with van der Waals surface area (Å²) in [7, 11) is -2.36. The molecule has 0 unspecified atom stereocenters. The SMILES string of the molecule is CCCCNCCO[Si](c1ccccc1)(c1ccccc1)C(C)(C)C. The average molecular weight is 356 g/mol. The Kier molecular flexibility index (Phi) is 7.42. The van der Waals surface area contributed by atoms with E-state index < -0.39 is 8.32 Å². The molecule has 0 radical (unpaired) electrons. The fourth-order valence-electron chi connectivity index (χ4n) is 3.46. The van der Waals surface area contributed by atoms with Crippen LogP contribution in [-0.4, -0.2) is 28.0 Å². The van der Waals surface area contributed by atoms with Crippen molar-refractivity contribution < 1.29 is 4.43 Å². The zero-order valence-electron chi connectivity index (χ0n) is 16.2. The van der Waals surface area contributed by atoms with Crippen LogP contribution in [0.25, 0.3) is 0 Å². The first-order chi connectivity index (χ1) is 12.0. The Morgan fingerprint density at radius 1 is 0.840 bits per heavy atom. The molecule has 2 aromatic carbocycles. The van der Waals surface area contributed by atoms with Gasteiger partial charge in [-0.05, 0) is 28.4 Å². The molecule has 0 saturated heterocycles. The average Bonchev–Trinajstić information content (AvgIpc) is 2.62. The van der Waals surface area contributed by atoms with Crippen molar-refractivity contribution in [3.63, 3.8) is 0 Å². The van der Waals surface area contributed by atoms with E-state index in [9.17, 15) is 0 Å². The molecule has 0 aromatic heterocycles. The fraction of sp³-hybridized carbons (Fsp3) is 0.455. The molecule has 25 heavy (non-hydrogen) atoms. The molecule has 0 aliphatic heterocycles. The summed E-state index contributed by atoms with van der Waals surface area (Å²) in [5.74, 6) is 0. The van der Waals surface area contributed by atoms with Crippen LogP contribution in [0.4, 0.5) is 0 Å². The minimum absolute atomic E-state index is 0.0547. The lowest BCUT2D eigenvalue weighted by Crippen LogP contribution is -2.67. The topological polar surface area (TPSA) is 21.3 Å². The highest BCUT2D eigenvalue weighted by Gasteiger charge is 2.49. The third-order valence-electron chi connectivity index (χ3n) is 4.72. The predicted octanol–water partition coefficient (Wildman–Crippen LogP) is 3.95. The van der Waals surface area contributed by atoms with Gasteiger partial charge in [-0.2, -0.15) is 0 Å². The van der Waals surface area contributed by atoms with Crippen LogP contribution in [0.5, 0.6) is 0 Å².